The predicted octanol–water partition coefficient (Wildman–Crippen LogP) is 3.35. The van der Waals surface area contributed by atoms with Crippen LogP contribution in [-0.2, 0) is 0 Å². The molecule has 0 atom stereocenters. The summed E-state index contributed by atoms with van der Waals surface area (Å²) in [4.78, 5) is 3.36. The average Bonchev–Trinajstić information content (AvgIpc) is 2.84. The van der Waals surface area contributed by atoms with Gasteiger partial charge in [0.2, 0.25) is 0 Å². The van der Waals surface area contributed by atoms with Gasteiger partial charge in [-0.2, -0.15) is 0 Å². The Labute approximate surface area is 110 Å². The normalized spacial score (nSPS) is 10.9. The van der Waals surface area contributed by atoms with Gasteiger partial charge in [-0.25, -0.2) is 0 Å². The molecule has 0 aliphatic heterocycles. The molecule has 0 unspecified atom stereocenters. The van der Waals surface area contributed by atoms with Gasteiger partial charge in [0.05, 0.1) is 32.4 Å². The minimum Gasteiger partial charge on any atom is -0.497 e. The molecule has 2 aromatic carbocycles. The molecule has 19 heavy (non-hydrogen) atoms. The second kappa shape index (κ2) is 4.39. The number of aromatic nitrogens is 1. The molecule has 98 valence electrons. The molecule has 4 nitrogen and oxygen atoms in total. The van der Waals surface area contributed by atoms with Crippen molar-refractivity contribution >= 4 is 21.8 Å². The van der Waals surface area contributed by atoms with E-state index in [1.807, 2.05) is 24.3 Å². The first-order chi connectivity index (χ1) is 9.28. The fourth-order valence-electron chi connectivity index (χ4n) is 2.39. The molecule has 1 N–H and O–H groups in total. The number of ether oxygens (including phenoxy) is 3. The highest BCUT2D eigenvalue weighted by Gasteiger charge is 2.13. The third-order valence-corrected chi connectivity index (χ3v) is 3.32. The van der Waals surface area contributed by atoms with Crippen molar-refractivity contribution in [3.63, 3.8) is 0 Å². The van der Waals surface area contributed by atoms with Gasteiger partial charge < -0.3 is 19.2 Å². The van der Waals surface area contributed by atoms with Crippen LogP contribution in [0.5, 0.6) is 17.2 Å². The number of fused-ring (bicyclic) bond motifs is 3. The minimum absolute atomic E-state index is 0.757. The zero-order valence-corrected chi connectivity index (χ0v) is 11.1. The third-order valence-electron chi connectivity index (χ3n) is 3.32. The zero-order valence-electron chi connectivity index (χ0n) is 11.1. The Hall–Kier alpha value is -2.36. The van der Waals surface area contributed by atoms with Crippen LogP contribution >= 0.6 is 0 Å². The summed E-state index contributed by atoms with van der Waals surface area (Å²) in [6.45, 7) is 0. The van der Waals surface area contributed by atoms with Gasteiger partial charge >= 0.3 is 0 Å². The first-order valence-corrected chi connectivity index (χ1v) is 5.99. The standard InChI is InChI=1S/C15H15NO3/c1-17-9-7-11-10-5-4-6-12(18-2)14(10)16-15(11)13(8-9)19-3/h4-8,16H,1-3H3. The van der Waals surface area contributed by atoms with Crippen molar-refractivity contribution in [3.8, 4) is 17.2 Å². The quantitative estimate of drug-likeness (QED) is 0.782. The van der Waals surface area contributed by atoms with Crippen LogP contribution in [0.25, 0.3) is 21.8 Å². The molecule has 0 bridgehead atoms. The monoisotopic (exact) mass is 257 g/mol. The van der Waals surface area contributed by atoms with E-state index in [0.29, 0.717) is 0 Å². The molecule has 3 rings (SSSR count). The van der Waals surface area contributed by atoms with Crippen molar-refractivity contribution in [1.82, 2.24) is 4.98 Å². The molecule has 1 aromatic heterocycles. The number of aromatic amines is 1. The maximum Gasteiger partial charge on any atom is 0.146 e. The Kier molecular flexibility index (Phi) is 2.71. The van der Waals surface area contributed by atoms with Crippen LogP contribution in [0, 0.1) is 0 Å². The van der Waals surface area contributed by atoms with E-state index in [1.54, 1.807) is 21.3 Å². The summed E-state index contributed by atoms with van der Waals surface area (Å²) in [5.41, 5.74) is 1.91. The summed E-state index contributed by atoms with van der Waals surface area (Å²) in [7, 11) is 4.96. The number of H-pyrrole nitrogens is 1. The predicted molar refractivity (Wildman–Crippen MR) is 75.5 cm³/mol. The number of hydrogen-bond donors (Lipinski definition) is 1. The number of rotatable bonds is 3. The van der Waals surface area contributed by atoms with E-state index in [2.05, 4.69) is 11.1 Å². The second-order valence-corrected chi connectivity index (χ2v) is 4.26. The molecule has 4 heteroatoms. The Balaban J connectivity index is 2.45. The number of nitrogens with one attached hydrogen (secondary N) is 1. The van der Waals surface area contributed by atoms with E-state index in [-0.39, 0.29) is 0 Å². The van der Waals surface area contributed by atoms with Gasteiger partial charge in [0.15, 0.2) is 0 Å². The molecule has 0 radical (unpaired) electrons. The van der Waals surface area contributed by atoms with Gasteiger partial charge in [-0.1, -0.05) is 12.1 Å². The topological polar surface area (TPSA) is 43.5 Å². The second-order valence-electron chi connectivity index (χ2n) is 4.26. The van der Waals surface area contributed by atoms with E-state index in [9.17, 15) is 0 Å². The maximum atomic E-state index is 5.42. The fraction of sp³-hybridized carbons (Fsp3) is 0.200. The van der Waals surface area contributed by atoms with Crippen LogP contribution in [-0.4, -0.2) is 26.3 Å². The van der Waals surface area contributed by atoms with Crippen molar-refractivity contribution in [2.45, 2.75) is 0 Å². The molecule has 0 saturated heterocycles. The third kappa shape index (κ3) is 1.68. The van der Waals surface area contributed by atoms with Gasteiger partial charge in [-0.3, -0.25) is 0 Å². The van der Waals surface area contributed by atoms with Crippen molar-refractivity contribution in [3.05, 3.63) is 30.3 Å². The molecular weight excluding hydrogens is 242 g/mol. The first-order valence-electron chi connectivity index (χ1n) is 5.99. The van der Waals surface area contributed by atoms with Gasteiger partial charge in [0.1, 0.15) is 17.2 Å². The highest BCUT2D eigenvalue weighted by molar-refractivity contribution is 6.11. The summed E-state index contributed by atoms with van der Waals surface area (Å²) in [5, 5.41) is 2.15. The van der Waals surface area contributed by atoms with E-state index in [1.165, 1.54) is 0 Å². The SMILES string of the molecule is COc1cc(OC)c2[nH]c3c(OC)cccc3c2c1. The molecule has 0 aliphatic rings. The molecule has 0 spiro atoms. The average molecular weight is 257 g/mol. The smallest absolute Gasteiger partial charge is 0.146 e. The minimum atomic E-state index is 0.757. The number of para-hydroxylation sites is 1. The Morgan fingerprint density at radius 3 is 2.21 bits per heavy atom. The Morgan fingerprint density at radius 2 is 1.53 bits per heavy atom. The van der Waals surface area contributed by atoms with Crippen LogP contribution in [0.3, 0.4) is 0 Å². The number of methoxy groups -OCH3 is 3. The molecule has 0 aliphatic carbocycles. The molecular formula is C15H15NO3. The molecule has 0 saturated carbocycles. The highest BCUT2D eigenvalue weighted by Crippen LogP contribution is 2.38. The molecule has 3 aromatic rings. The summed E-state index contributed by atoms with van der Waals surface area (Å²) in [6, 6.07) is 9.82. The van der Waals surface area contributed by atoms with Crippen LogP contribution in [0.2, 0.25) is 0 Å². The van der Waals surface area contributed by atoms with Crippen LogP contribution in [0.4, 0.5) is 0 Å². The first kappa shape index (κ1) is 11.7. The highest BCUT2D eigenvalue weighted by atomic mass is 16.5. The van der Waals surface area contributed by atoms with E-state index in [4.69, 9.17) is 14.2 Å². The summed E-state index contributed by atoms with van der Waals surface area (Å²) >= 11 is 0. The molecule has 0 amide bonds. The van der Waals surface area contributed by atoms with Crippen LogP contribution in [0.15, 0.2) is 30.3 Å². The van der Waals surface area contributed by atoms with Crippen LogP contribution in [0.1, 0.15) is 0 Å². The fourth-order valence-corrected chi connectivity index (χ4v) is 2.39. The lowest BCUT2D eigenvalue weighted by molar-refractivity contribution is 0.397. The number of benzene rings is 2. The van der Waals surface area contributed by atoms with Crippen molar-refractivity contribution in [2.24, 2.45) is 0 Å². The maximum absolute atomic E-state index is 5.42. The Bertz CT molecular complexity index is 746. The van der Waals surface area contributed by atoms with Gasteiger partial charge in [0.25, 0.3) is 0 Å². The zero-order chi connectivity index (χ0) is 13.4. The van der Waals surface area contributed by atoms with Crippen molar-refractivity contribution in [1.29, 1.82) is 0 Å². The summed E-state index contributed by atoms with van der Waals surface area (Å²) in [6.07, 6.45) is 0. The van der Waals surface area contributed by atoms with E-state index >= 15 is 0 Å². The van der Waals surface area contributed by atoms with E-state index in [0.717, 1.165) is 39.1 Å². The van der Waals surface area contributed by atoms with E-state index < -0.39 is 0 Å². The molecule has 0 fully saturated rings. The van der Waals surface area contributed by atoms with Crippen LogP contribution < -0.4 is 14.2 Å². The van der Waals surface area contributed by atoms with Gasteiger partial charge in [-0.15, -0.1) is 0 Å². The largest absolute Gasteiger partial charge is 0.497 e. The Morgan fingerprint density at radius 1 is 0.789 bits per heavy atom. The molecule has 1 heterocycles. The van der Waals surface area contributed by atoms with Gasteiger partial charge in [0, 0.05) is 16.8 Å². The lowest BCUT2D eigenvalue weighted by atomic mass is 10.1. The lowest BCUT2D eigenvalue weighted by Crippen LogP contribution is -1.87. The summed E-state index contributed by atoms with van der Waals surface area (Å²) in [5.74, 6) is 2.34. The lowest BCUT2D eigenvalue weighted by Gasteiger charge is -2.05. The van der Waals surface area contributed by atoms with Gasteiger partial charge in [-0.05, 0) is 12.1 Å². The van der Waals surface area contributed by atoms with Crippen molar-refractivity contribution in [2.75, 3.05) is 21.3 Å². The van der Waals surface area contributed by atoms with Crippen molar-refractivity contribution < 1.29 is 14.2 Å². The number of hydrogen-bond acceptors (Lipinski definition) is 3. The summed E-state index contributed by atoms with van der Waals surface area (Å²) < 4.78 is 16.1.